The molecular formula is C14H24N4O3. The third-order valence-electron chi connectivity index (χ3n) is 3.18. The molecule has 0 radical (unpaired) electrons. The quantitative estimate of drug-likeness (QED) is 0.742. The number of rotatable bonds is 7. The van der Waals surface area contributed by atoms with E-state index in [1.807, 2.05) is 25.5 Å². The molecular weight excluding hydrogens is 272 g/mol. The molecule has 1 heterocycles. The minimum atomic E-state index is -0.311. The Balaban J connectivity index is 2.37. The van der Waals surface area contributed by atoms with E-state index in [9.17, 15) is 9.59 Å². The zero-order valence-corrected chi connectivity index (χ0v) is 13.2. The second-order valence-corrected chi connectivity index (χ2v) is 4.63. The molecule has 2 amide bonds. The van der Waals surface area contributed by atoms with Crippen molar-refractivity contribution in [3.8, 4) is 0 Å². The van der Waals surface area contributed by atoms with Gasteiger partial charge in [-0.3, -0.25) is 9.48 Å². The van der Waals surface area contributed by atoms with Gasteiger partial charge in [0.15, 0.2) is 0 Å². The number of nitrogens with zero attached hydrogens (tertiary/aromatic N) is 2. The van der Waals surface area contributed by atoms with Crippen molar-refractivity contribution in [1.82, 2.24) is 20.4 Å². The van der Waals surface area contributed by atoms with Gasteiger partial charge in [0.1, 0.15) is 0 Å². The van der Waals surface area contributed by atoms with Gasteiger partial charge in [-0.15, -0.1) is 0 Å². The zero-order chi connectivity index (χ0) is 15.8. The highest BCUT2D eigenvalue weighted by Gasteiger charge is 2.11. The van der Waals surface area contributed by atoms with Crippen molar-refractivity contribution in [3.63, 3.8) is 0 Å². The number of hydrogen-bond acceptors (Lipinski definition) is 4. The third kappa shape index (κ3) is 5.09. The first-order valence-corrected chi connectivity index (χ1v) is 7.19. The van der Waals surface area contributed by atoms with E-state index in [0.29, 0.717) is 13.2 Å². The summed E-state index contributed by atoms with van der Waals surface area (Å²) in [7, 11) is 0. The summed E-state index contributed by atoms with van der Waals surface area (Å²) in [6.07, 6.45) is 0.174. The topological polar surface area (TPSA) is 85.2 Å². The van der Waals surface area contributed by atoms with Crippen LogP contribution in [-0.4, -0.2) is 34.9 Å². The Morgan fingerprint density at radius 3 is 2.52 bits per heavy atom. The Morgan fingerprint density at radius 1 is 1.24 bits per heavy atom. The molecule has 21 heavy (non-hydrogen) atoms. The molecule has 0 bridgehead atoms. The van der Waals surface area contributed by atoms with E-state index >= 15 is 0 Å². The summed E-state index contributed by atoms with van der Waals surface area (Å²) in [4.78, 5) is 22.8. The van der Waals surface area contributed by atoms with Crippen molar-refractivity contribution >= 4 is 12.0 Å². The van der Waals surface area contributed by atoms with Crippen molar-refractivity contribution in [3.05, 3.63) is 17.0 Å². The van der Waals surface area contributed by atoms with Gasteiger partial charge in [-0.2, -0.15) is 5.10 Å². The minimum Gasteiger partial charge on any atom is -0.466 e. The number of esters is 1. The second-order valence-electron chi connectivity index (χ2n) is 4.63. The Labute approximate surface area is 125 Å². The number of ether oxygens (including phenoxy) is 1. The number of hydrogen-bond donors (Lipinski definition) is 2. The van der Waals surface area contributed by atoms with E-state index < -0.39 is 0 Å². The fourth-order valence-corrected chi connectivity index (χ4v) is 2.04. The van der Waals surface area contributed by atoms with Crippen LogP contribution in [-0.2, 0) is 22.6 Å². The summed E-state index contributed by atoms with van der Waals surface area (Å²) >= 11 is 0. The van der Waals surface area contributed by atoms with E-state index in [4.69, 9.17) is 4.74 Å². The first-order valence-electron chi connectivity index (χ1n) is 7.19. The van der Waals surface area contributed by atoms with Crippen LogP contribution < -0.4 is 10.6 Å². The van der Waals surface area contributed by atoms with Crippen LogP contribution >= 0.6 is 0 Å². The van der Waals surface area contributed by atoms with Gasteiger partial charge >= 0.3 is 12.0 Å². The van der Waals surface area contributed by atoms with Crippen LogP contribution in [0.25, 0.3) is 0 Å². The van der Waals surface area contributed by atoms with E-state index in [-0.39, 0.29) is 25.0 Å². The highest BCUT2D eigenvalue weighted by molar-refractivity contribution is 5.75. The number of urea groups is 1. The lowest BCUT2D eigenvalue weighted by atomic mass is 10.2. The molecule has 0 unspecified atom stereocenters. The third-order valence-corrected chi connectivity index (χ3v) is 3.18. The second kappa shape index (κ2) is 8.28. The number of carbonyl (C=O) groups is 2. The van der Waals surface area contributed by atoms with E-state index in [1.165, 1.54) is 0 Å². The maximum absolute atomic E-state index is 11.7. The Bertz CT molecular complexity index is 497. The highest BCUT2D eigenvalue weighted by Crippen LogP contribution is 2.12. The average Bonchev–Trinajstić information content (AvgIpc) is 2.71. The monoisotopic (exact) mass is 296 g/mol. The molecule has 0 atom stereocenters. The first-order chi connectivity index (χ1) is 9.99. The molecule has 0 aliphatic carbocycles. The molecule has 1 aromatic heterocycles. The average molecular weight is 296 g/mol. The Kier molecular flexibility index (Phi) is 6.71. The van der Waals surface area contributed by atoms with Gasteiger partial charge in [0.25, 0.3) is 0 Å². The van der Waals surface area contributed by atoms with E-state index in [1.54, 1.807) is 6.92 Å². The van der Waals surface area contributed by atoms with Gasteiger partial charge in [0.05, 0.1) is 18.7 Å². The lowest BCUT2D eigenvalue weighted by Gasteiger charge is -2.08. The molecule has 0 fully saturated rings. The first kappa shape index (κ1) is 17.0. The molecule has 7 heteroatoms. The molecule has 0 saturated heterocycles. The number of aryl methyl sites for hydroxylation is 2. The van der Waals surface area contributed by atoms with Crippen molar-refractivity contribution in [2.45, 2.75) is 47.2 Å². The fourth-order valence-electron chi connectivity index (χ4n) is 2.04. The number of carbonyl (C=O) groups excluding carboxylic acids is 2. The molecule has 1 rings (SSSR count). The number of nitrogens with one attached hydrogen (secondary N) is 2. The Morgan fingerprint density at radius 2 is 1.95 bits per heavy atom. The van der Waals surface area contributed by atoms with Crippen molar-refractivity contribution in [1.29, 1.82) is 0 Å². The summed E-state index contributed by atoms with van der Waals surface area (Å²) in [6, 6.07) is -0.303. The fraction of sp³-hybridized carbons (Fsp3) is 0.643. The van der Waals surface area contributed by atoms with Gasteiger partial charge in [-0.1, -0.05) is 0 Å². The summed E-state index contributed by atoms with van der Waals surface area (Å²) in [5.74, 6) is -0.311. The van der Waals surface area contributed by atoms with Gasteiger partial charge in [0.2, 0.25) is 0 Å². The van der Waals surface area contributed by atoms with Crippen molar-refractivity contribution < 1.29 is 14.3 Å². The van der Waals surface area contributed by atoms with Gasteiger partial charge in [-0.05, 0) is 27.7 Å². The van der Waals surface area contributed by atoms with Crippen LogP contribution in [0.5, 0.6) is 0 Å². The lowest BCUT2D eigenvalue weighted by molar-refractivity contribution is -0.142. The molecule has 0 aliphatic heterocycles. The lowest BCUT2D eigenvalue weighted by Crippen LogP contribution is -2.36. The van der Waals surface area contributed by atoms with Crippen LogP contribution in [0.1, 0.15) is 37.2 Å². The van der Waals surface area contributed by atoms with E-state index in [2.05, 4.69) is 15.7 Å². The standard InChI is InChI=1S/C14H24N4O3/c1-5-18-11(4)12(10(3)17-18)9-16-14(20)15-8-7-13(19)21-6-2/h5-9H2,1-4H3,(H2,15,16,20). The van der Waals surface area contributed by atoms with Crippen LogP contribution in [0.4, 0.5) is 4.79 Å². The molecule has 7 nitrogen and oxygen atoms in total. The van der Waals surface area contributed by atoms with Crippen LogP contribution in [0.15, 0.2) is 0 Å². The molecule has 0 saturated carbocycles. The smallest absolute Gasteiger partial charge is 0.315 e. The SMILES string of the molecule is CCOC(=O)CCNC(=O)NCc1c(C)nn(CC)c1C. The highest BCUT2D eigenvalue weighted by atomic mass is 16.5. The summed E-state index contributed by atoms with van der Waals surface area (Å²) < 4.78 is 6.69. The predicted molar refractivity (Wildman–Crippen MR) is 78.9 cm³/mol. The molecule has 0 spiro atoms. The predicted octanol–water partition coefficient (Wildman–Crippen LogP) is 1.27. The summed E-state index contributed by atoms with van der Waals surface area (Å²) in [5.41, 5.74) is 3.00. The number of amides is 2. The maximum Gasteiger partial charge on any atom is 0.315 e. The zero-order valence-electron chi connectivity index (χ0n) is 13.2. The normalized spacial score (nSPS) is 10.3. The molecule has 0 aliphatic rings. The minimum absolute atomic E-state index is 0.174. The van der Waals surface area contributed by atoms with Crippen molar-refractivity contribution in [2.24, 2.45) is 0 Å². The molecule has 0 aromatic carbocycles. The Hall–Kier alpha value is -2.05. The molecule has 2 N–H and O–H groups in total. The van der Waals surface area contributed by atoms with Crippen LogP contribution in [0.3, 0.4) is 0 Å². The molecule has 118 valence electrons. The van der Waals surface area contributed by atoms with Gasteiger partial charge in [-0.25, -0.2) is 4.79 Å². The number of aromatic nitrogens is 2. The summed E-state index contributed by atoms with van der Waals surface area (Å²) in [6.45, 7) is 9.52. The van der Waals surface area contributed by atoms with E-state index in [0.717, 1.165) is 23.5 Å². The van der Waals surface area contributed by atoms with Crippen LogP contribution in [0, 0.1) is 13.8 Å². The maximum atomic E-state index is 11.7. The van der Waals surface area contributed by atoms with Crippen molar-refractivity contribution in [2.75, 3.05) is 13.2 Å². The van der Waals surface area contributed by atoms with Gasteiger partial charge < -0.3 is 15.4 Å². The van der Waals surface area contributed by atoms with Crippen LogP contribution in [0.2, 0.25) is 0 Å². The van der Waals surface area contributed by atoms with Gasteiger partial charge in [0, 0.05) is 30.9 Å². The largest absolute Gasteiger partial charge is 0.466 e. The molecule has 1 aromatic rings. The summed E-state index contributed by atoms with van der Waals surface area (Å²) in [5, 5.41) is 9.79.